The summed E-state index contributed by atoms with van der Waals surface area (Å²) in [5, 5.41) is 0. The zero-order valence-corrected chi connectivity index (χ0v) is 9.76. The molecule has 1 rings (SSSR count). The van der Waals surface area contributed by atoms with E-state index in [1.54, 1.807) is 13.8 Å². The fraction of sp³-hybridized carbons (Fsp3) is 0.538. The summed E-state index contributed by atoms with van der Waals surface area (Å²) in [5.74, 6) is 0.451. The molecule has 0 spiro atoms. The van der Waals surface area contributed by atoms with Gasteiger partial charge in [-0.05, 0) is 43.9 Å². The van der Waals surface area contributed by atoms with Crippen molar-refractivity contribution >= 4 is 0 Å². The van der Waals surface area contributed by atoms with E-state index in [1.807, 2.05) is 24.3 Å². The van der Waals surface area contributed by atoms with Crippen LogP contribution in [0, 0.1) is 0 Å². The molecule has 2 N–H and O–H groups in total. The topological polar surface area (TPSA) is 26.0 Å². The van der Waals surface area contributed by atoms with Gasteiger partial charge in [0.05, 0.1) is 0 Å². The lowest BCUT2D eigenvalue weighted by atomic mass is 9.93. The number of hydrogen-bond acceptors (Lipinski definition) is 1. The van der Waals surface area contributed by atoms with Crippen LogP contribution in [0.1, 0.15) is 44.2 Å². The Morgan fingerprint density at radius 3 is 2.20 bits per heavy atom. The fourth-order valence-electron chi connectivity index (χ4n) is 1.62. The predicted octanol–water partition coefficient (Wildman–Crippen LogP) is 3.34. The Bertz CT molecular complexity index is 297. The molecule has 1 nitrogen and oxygen atoms in total. The highest BCUT2D eigenvalue weighted by Crippen LogP contribution is 2.26. The number of benzene rings is 1. The van der Waals surface area contributed by atoms with Gasteiger partial charge in [0.1, 0.15) is 5.67 Å². The van der Waals surface area contributed by atoms with Crippen molar-refractivity contribution in [2.45, 2.75) is 38.8 Å². The van der Waals surface area contributed by atoms with Gasteiger partial charge in [0, 0.05) is 0 Å². The Morgan fingerprint density at radius 1 is 1.27 bits per heavy atom. The fourth-order valence-corrected chi connectivity index (χ4v) is 1.62. The Labute approximate surface area is 91.5 Å². The number of hydrogen-bond donors (Lipinski definition) is 1. The highest BCUT2D eigenvalue weighted by atomic mass is 19.1. The highest BCUT2D eigenvalue weighted by molar-refractivity contribution is 5.28. The van der Waals surface area contributed by atoms with E-state index < -0.39 is 5.67 Å². The molecule has 0 saturated heterocycles. The Morgan fingerprint density at radius 2 is 1.80 bits per heavy atom. The van der Waals surface area contributed by atoms with Gasteiger partial charge in [-0.25, -0.2) is 4.39 Å². The first-order valence-electron chi connectivity index (χ1n) is 5.44. The summed E-state index contributed by atoms with van der Waals surface area (Å²) in [6, 6.07) is 7.72. The average Bonchev–Trinajstić information content (AvgIpc) is 2.17. The van der Waals surface area contributed by atoms with Crippen LogP contribution in [0.3, 0.4) is 0 Å². The molecule has 1 aromatic rings. The van der Waals surface area contributed by atoms with E-state index in [9.17, 15) is 4.39 Å². The third-order valence-electron chi connectivity index (χ3n) is 2.77. The zero-order valence-electron chi connectivity index (χ0n) is 9.76. The van der Waals surface area contributed by atoms with E-state index in [4.69, 9.17) is 5.73 Å². The van der Waals surface area contributed by atoms with E-state index in [0.29, 0.717) is 12.5 Å². The lowest BCUT2D eigenvalue weighted by molar-refractivity contribution is 0.221. The Hall–Kier alpha value is -0.890. The molecule has 0 aliphatic heterocycles. The molecule has 0 bridgehead atoms. The molecule has 15 heavy (non-hydrogen) atoms. The molecule has 0 aliphatic carbocycles. The molecular weight excluding hydrogens is 189 g/mol. The van der Waals surface area contributed by atoms with E-state index in [1.165, 1.54) is 5.56 Å². The average molecular weight is 209 g/mol. The van der Waals surface area contributed by atoms with Crippen LogP contribution in [0.15, 0.2) is 24.3 Å². The maximum absolute atomic E-state index is 13.6. The lowest BCUT2D eigenvalue weighted by Gasteiger charge is -2.16. The molecule has 84 valence electrons. The van der Waals surface area contributed by atoms with Crippen LogP contribution >= 0.6 is 0 Å². The number of halogens is 1. The van der Waals surface area contributed by atoms with Crippen molar-refractivity contribution in [3.63, 3.8) is 0 Å². The van der Waals surface area contributed by atoms with Crippen molar-refractivity contribution in [1.29, 1.82) is 0 Å². The molecule has 1 atom stereocenters. The van der Waals surface area contributed by atoms with Crippen molar-refractivity contribution in [3.05, 3.63) is 35.4 Å². The standard InChI is InChI=1S/C13H20FN/c1-10(8-9-15)11-4-6-12(7-5-11)13(2,3)14/h4-7,10H,8-9,15H2,1-3H3. The van der Waals surface area contributed by atoms with Crippen LogP contribution in [-0.4, -0.2) is 6.54 Å². The summed E-state index contributed by atoms with van der Waals surface area (Å²) in [5.41, 5.74) is 6.21. The molecule has 0 aromatic heterocycles. The van der Waals surface area contributed by atoms with Crippen molar-refractivity contribution in [2.24, 2.45) is 5.73 Å². The number of nitrogens with two attached hydrogens (primary N) is 1. The van der Waals surface area contributed by atoms with E-state index in [2.05, 4.69) is 6.92 Å². The van der Waals surface area contributed by atoms with Gasteiger partial charge in [-0.15, -0.1) is 0 Å². The van der Waals surface area contributed by atoms with Gasteiger partial charge in [0.15, 0.2) is 0 Å². The Balaban J connectivity index is 2.81. The summed E-state index contributed by atoms with van der Waals surface area (Å²) in [7, 11) is 0. The molecule has 0 radical (unpaired) electrons. The summed E-state index contributed by atoms with van der Waals surface area (Å²) in [6.45, 7) is 5.98. The van der Waals surface area contributed by atoms with Gasteiger partial charge >= 0.3 is 0 Å². The molecule has 1 aromatic carbocycles. The van der Waals surface area contributed by atoms with Gasteiger partial charge in [0.2, 0.25) is 0 Å². The smallest absolute Gasteiger partial charge is 0.130 e. The first-order valence-corrected chi connectivity index (χ1v) is 5.44. The zero-order chi connectivity index (χ0) is 11.5. The molecule has 0 fully saturated rings. The minimum absolute atomic E-state index is 0.451. The van der Waals surface area contributed by atoms with Gasteiger partial charge in [0.25, 0.3) is 0 Å². The van der Waals surface area contributed by atoms with Crippen LogP contribution in [0.4, 0.5) is 4.39 Å². The molecule has 0 aliphatic rings. The summed E-state index contributed by atoms with van der Waals surface area (Å²) < 4.78 is 13.6. The number of alkyl halides is 1. The second-order valence-electron chi connectivity index (χ2n) is 4.57. The van der Waals surface area contributed by atoms with Crippen molar-refractivity contribution in [2.75, 3.05) is 6.54 Å². The quantitative estimate of drug-likeness (QED) is 0.808. The van der Waals surface area contributed by atoms with E-state index >= 15 is 0 Å². The van der Waals surface area contributed by atoms with Crippen molar-refractivity contribution in [1.82, 2.24) is 0 Å². The normalized spacial score (nSPS) is 13.9. The van der Waals surface area contributed by atoms with Crippen LogP contribution in [0.5, 0.6) is 0 Å². The van der Waals surface area contributed by atoms with Gasteiger partial charge in [-0.1, -0.05) is 31.2 Å². The van der Waals surface area contributed by atoms with Crippen LogP contribution in [0.2, 0.25) is 0 Å². The molecule has 2 heteroatoms. The van der Waals surface area contributed by atoms with Gasteiger partial charge in [-0.3, -0.25) is 0 Å². The molecule has 0 saturated carbocycles. The van der Waals surface area contributed by atoms with Crippen LogP contribution in [0.25, 0.3) is 0 Å². The maximum Gasteiger partial charge on any atom is 0.130 e. The summed E-state index contributed by atoms with van der Waals surface area (Å²) in [6.07, 6.45) is 0.971. The maximum atomic E-state index is 13.6. The van der Waals surface area contributed by atoms with Crippen LogP contribution < -0.4 is 5.73 Å². The van der Waals surface area contributed by atoms with Crippen molar-refractivity contribution < 1.29 is 4.39 Å². The predicted molar refractivity (Wildman–Crippen MR) is 62.7 cm³/mol. The number of rotatable bonds is 4. The first-order chi connectivity index (χ1) is 6.95. The molecular formula is C13H20FN. The molecule has 1 unspecified atom stereocenters. The van der Waals surface area contributed by atoms with Gasteiger partial charge in [-0.2, -0.15) is 0 Å². The third-order valence-corrected chi connectivity index (χ3v) is 2.77. The minimum atomic E-state index is -1.25. The summed E-state index contributed by atoms with van der Waals surface area (Å²) in [4.78, 5) is 0. The highest BCUT2D eigenvalue weighted by Gasteiger charge is 2.18. The second-order valence-corrected chi connectivity index (χ2v) is 4.57. The monoisotopic (exact) mass is 209 g/mol. The van der Waals surface area contributed by atoms with Gasteiger partial charge < -0.3 is 5.73 Å². The third kappa shape index (κ3) is 3.31. The lowest BCUT2D eigenvalue weighted by Crippen LogP contribution is -2.09. The summed E-state index contributed by atoms with van der Waals surface area (Å²) >= 11 is 0. The van der Waals surface area contributed by atoms with Crippen molar-refractivity contribution in [3.8, 4) is 0 Å². The second kappa shape index (κ2) is 4.75. The van der Waals surface area contributed by atoms with E-state index in [0.717, 1.165) is 12.0 Å². The minimum Gasteiger partial charge on any atom is -0.330 e. The first kappa shape index (κ1) is 12.2. The SMILES string of the molecule is CC(CCN)c1ccc(C(C)(C)F)cc1. The molecule has 0 amide bonds. The van der Waals surface area contributed by atoms with Crippen LogP contribution in [-0.2, 0) is 5.67 Å². The Kier molecular flexibility index (Phi) is 3.86. The molecule has 0 heterocycles. The largest absolute Gasteiger partial charge is 0.330 e. The van der Waals surface area contributed by atoms with E-state index in [-0.39, 0.29) is 0 Å².